The number of benzene rings is 2. The Hall–Kier alpha value is 2.36. The first-order valence-corrected chi connectivity index (χ1v) is 30.1. The predicted molar refractivity (Wildman–Crippen MR) is 306 cm³/mol. The molecule has 0 aliphatic heterocycles. The van der Waals surface area contributed by atoms with Crippen LogP contribution in [-0.2, 0) is 71.2 Å². The maximum Gasteiger partial charge on any atom is 1.00 e. The van der Waals surface area contributed by atoms with E-state index in [1.165, 1.54) is 66.8 Å². The summed E-state index contributed by atoms with van der Waals surface area (Å²) >= 11 is 21.8. The molecule has 0 amide bonds. The number of halogens is 6. The molecule has 388 valence electrons. The van der Waals surface area contributed by atoms with Crippen LogP contribution in [0.4, 0.5) is 0 Å². The number of nitrogens with one attached hydrogen (secondary N) is 6. The monoisotopic (exact) mass is 1350 g/mol. The maximum atomic E-state index is 5.82. The molecule has 0 aliphatic carbocycles. The molecule has 0 radical (unpaired) electrons. The topological polar surface area (TPSA) is 310 Å². The predicted octanol–water partition coefficient (Wildman–Crippen LogP) is 1.49. The summed E-state index contributed by atoms with van der Waals surface area (Å²) in [6.07, 6.45) is 6.60. The van der Waals surface area contributed by atoms with Crippen LogP contribution in [0, 0.1) is 0 Å². The zero-order valence-electron chi connectivity index (χ0n) is 40.7. The van der Waals surface area contributed by atoms with Gasteiger partial charge in [0.05, 0.1) is 0 Å². The summed E-state index contributed by atoms with van der Waals surface area (Å²) in [4.78, 5) is 0. The van der Waals surface area contributed by atoms with Crippen molar-refractivity contribution in [3.8, 4) is 0 Å². The van der Waals surface area contributed by atoms with Crippen LogP contribution in [0.2, 0.25) is 0 Å². The minimum absolute atomic E-state index is 0. The van der Waals surface area contributed by atoms with Crippen molar-refractivity contribution in [1.82, 2.24) is 31.9 Å². The molecular formula is C45H89Br6KN14O. The van der Waals surface area contributed by atoms with Gasteiger partial charge in [-0.15, -0.1) is 0 Å². The van der Waals surface area contributed by atoms with Crippen LogP contribution in [0.15, 0.2) is 0 Å². The summed E-state index contributed by atoms with van der Waals surface area (Å²) < 4.78 is 0. The molecule has 0 saturated heterocycles. The number of alkyl halides is 6. The first kappa shape index (κ1) is 73.6. The van der Waals surface area contributed by atoms with Crippen LogP contribution >= 0.6 is 95.6 Å². The Kier molecular flexibility index (Phi) is 56.9. The molecule has 0 spiro atoms. The number of nitrogens with two attached hydrogens (primary N) is 8. The molecule has 0 atom stereocenters. The van der Waals surface area contributed by atoms with Crippen LogP contribution in [0.1, 0.15) is 112 Å². The number of rotatable bonds is 38. The van der Waals surface area contributed by atoms with Crippen LogP contribution in [0.3, 0.4) is 0 Å². The molecule has 0 bridgehead atoms. The van der Waals surface area contributed by atoms with Gasteiger partial charge in [0.15, 0.2) is 0 Å². The van der Waals surface area contributed by atoms with E-state index >= 15 is 0 Å². The first-order valence-electron chi connectivity index (χ1n) is 23.4. The smallest absolute Gasteiger partial charge is 0.870 e. The van der Waals surface area contributed by atoms with E-state index in [-0.39, 0.29) is 56.9 Å². The van der Waals surface area contributed by atoms with Crippen LogP contribution in [-0.4, -0.2) is 97.1 Å². The van der Waals surface area contributed by atoms with Gasteiger partial charge >= 0.3 is 51.4 Å². The summed E-state index contributed by atoms with van der Waals surface area (Å²) in [5, 5.41) is 27.5. The molecule has 0 unspecified atom stereocenters. The van der Waals surface area contributed by atoms with Crippen molar-refractivity contribution < 1.29 is 56.9 Å². The SMILES string of the molecule is BrCc1c(CBr)c(CBr)c(CBr)c(CBr)c1CBr.NCCCN.NCCCNCc1c(CNCCCN)c(CNCCCN)c(CNCCCN)c(CNCCCN)c1CNCCCN.[K+].[OH-]. The van der Waals surface area contributed by atoms with Crippen molar-refractivity contribution in [1.29, 1.82) is 0 Å². The van der Waals surface area contributed by atoms with E-state index in [0.717, 1.165) is 169 Å². The molecule has 23 N–H and O–H groups in total. The standard InChI is InChI=1S/C30H66N12.C12H12Br6.C3H10N2.K.H2O/c31-7-1-13-37-19-25-26(20-38-14-2-8-32)28(22-40-16-4-10-34)30(24-42-18-6-12-36)29(23-41-17-5-11-35)27(25)21-39-15-3-9-33;13-1-7-8(2-14)10(4-16)12(6-18)11(5-17)9(7)3-15;4-2-1-3-5;;/h37-42H,1-24,31-36H2;1-6H2;1-5H2;;1H2/q;;;+1;/p-1. The van der Waals surface area contributed by atoms with Gasteiger partial charge in [0.1, 0.15) is 0 Å². The fourth-order valence-electron chi connectivity index (χ4n) is 7.19. The van der Waals surface area contributed by atoms with Gasteiger partial charge in [-0.1, -0.05) is 95.6 Å². The normalized spacial score (nSPS) is 10.8. The molecule has 2 rings (SSSR count). The van der Waals surface area contributed by atoms with Gasteiger partial charge in [-0.05, 0) is 203 Å². The van der Waals surface area contributed by atoms with Gasteiger partial charge in [-0.2, -0.15) is 0 Å². The van der Waals surface area contributed by atoms with Gasteiger partial charge in [-0.3, -0.25) is 0 Å². The molecular weight excluding hydrogens is 1270 g/mol. The summed E-state index contributed by atoms with van der Waals surface area (Å²) in [6.45, 7) is 15.5. The molecule has 2 aromatic rings. The summed E-state index contributed by atoms with van der Waals surface area (Å²) in [6, 6.07) is 0. The third kappa shape index (κ3) is 29.9. The number of hydrogen-bond donors (Lipinski definition) is 14. The second-order valence-electron chi connectivity index (χ2n) is 15.4. The van der Waals surface area contributed by atoms with Gasteiger partial charge in [-0.25, -0.2) is 0 Å². The Labute approximate surface area is 498 Å². The fraction of sp³-hybridized carbons (Fsp3) is 0.733. The fourth-order valence-corrected chi connectivity index (χ4v) is 11.3. The molecule has 2 aromatic carbocycles. The second kappa shape index (κ2) is 51.8. The first-order chi connectivity index (χ1) is 31.8. The summed E-state index contributed by atoms with van der Waals surface area (Å²) in [5.41, 5.74) is 61.6. The Morgan fingerprint density at radius 2 is 0.373 bits per heavy atom. The van der Waals surface area contributed by atoms with Gasteiger partial charge in [0.2, 0.25) is 0 Å². The zero-order valence-corrected chi connectivity index (χ0v) is 53.3. The van der Waals surface area contributed by atoms with Crippen molar-refractivity contribution in [2.75, 3.05) is 91.6 Å². The van der Waals surface area contributed by atoms with Crippen LogP contribution < -0.4 is 129 Å². The van der Waals surface area contributed by atoms with Crippen molar-refractivity contribution in [2.45, 2.75) is 116 Å². The maximum absolute atomic E-state index is 5.82. The Morgan fingerprint density at radius 3 is 0.463 bits per heavy atom. The van der Waals surface area contributed by atoms with E-state index in [0.29, 0.717) is 39.3 Å². The minimum atomic E-state index is 0. The van der Waals surface area contributed by atoms with E-state index < -0.39 is 0 Å². The largest absolute Gasteiger partial charge is 1.00 e. The average Bonchev–Trinajstić information content (AvgIpc) is 3.32. The Balaban J connectivity index is -0.00000135. The van der Waals surface area contributed by atoms with Crippen molar-refractivity contribution >= 4 is 95.6 Å². The van der Waals surface area contributed by atoms with Crippen molar-refractivity contribution in [3.63, 3.8) is 0 Å². The van der Waals surface area contributed by atoms with E-state index in [2.05, 4.69) is 127 Å². The molecule has 15 nitrogen and oxygen atoms in total. The average molecular weight is 1360 g/mol. The molecule has 0 aromatic heterocycles. The van der Waals surface area contributed by atoms with E-state index in [9.17, 15) is 0 Å². The third-order valence-electron chi connectivity index (χ3n) is 10.7. The summed E-state index contributed by atoms with van der Waals surface area (Å²) in [5.74, 6) is 0. The Morgan fingerprint density at radius 1 is 0.239 bits per heavy atom. The summed E-state index contributed by atoms with van der Waals surface area (Å²) in [7, 11) is 0. The molecule has 0 fully saturated rings. The molecule has 0 saturated carbocycles. The van der Waals surface area contributed by atoms with Crippen LogP contribution in [0.5, 0.6) is 0 Å². The number of hydrogen-bond acceptors (Lipinski definition) is 15. The second-order valence-corrected chi connectivity index (χ2v) is 18.8. The molecule has 0 heterocycles. The van der Waals surface area contributed by atoms with Gasteiger partial charge in [0, 0.05) is 71.2 Å². The van der Waals surface area contributed by atoms with Gasteiger partial charge in [0.25, 0.3) is 0 Å². The van der Waals surface area contributed by atoms with Crippen molar-refractivity contribution in [2.24, 2.45) is 45.9 Å². The van der Waals surface area contributed by atoms with Crippen molar-refractivity contribution in [3.05, 3.63) is 66.8 Å². The molecule has 22 heteroatoms. The minimum Gasteiger partial charge on any atom is -0.870 e. The zero-order chi connectivity index (χ0) is 48.5. The molecule has 67 heavy (non-hydrogen) atoms. The molecule has 0 aliphatic rings. The van der Waals surface area contributed by atoms with E-state index in [1.54, 1.807) is 0 Å². The van der Waals surface area contributed by atoms with Crippen LogP contribution in [0.25, 0.3) is 0 Å². The van der Waals surface area contributed by atoms with E-state index in [1.807, 2.05) is 0 Å². The quantitative estimate of drug-likeness (QED) is 0.0258. The third-order valence-corrected chi connectivity index (χ3v) is 14.1. The van der Waals surface area contributed by atoms with Gasteiger partial charge < -0.3 is 83.2 Å². The van der Waals surface area contributed by atoms with E-state index in [4.69, 9.17) is 45.9 Å². The Bertz CT molecular complexity index is 1170.